The average Bonchev–Trinajstić information content (AvgIpc) is 3.42. The van der Waals surface area contributed by atoms with E-state index in [1.54, 1.807) is 20.3 Å². The van der Waals surface area contributed by atoms with Crippen LogP contribution in [0.15, 0.2) is 42.5 Å². The maximum Gasteiger partial charge on any atom is 0.224 e. The maximum absolute atomic E-state index is 12.9. The molecule has 1 N–H and O–H groups in total. The number of para-hydroxylation sites is 1. The van der Waals surface area contributed by atoms with Gasteiger partial charge in [-0.1, -0.05) is 12.1 Å². The number of fused-ring (bicyclic) bond motifs is 3. The van der Waals surface area contributed by atoms with E-state index in [2.05, 4.69) is 5.32 Å². The minimum Gasteiger partial charge on any atom is -0.497 e. The molecule has 2 fully saturated rings. The van der Waals surface area contributed by atoms with Crippen LogP contribution in [0.3, 0.4) is 0 Å². The van der Waals surface area contributed by atoms with E-state index >= 15 is 0 Å². The van der Waals surface area contributed by atoms with Crippen molar-refractivity contribution >= 4 is 11.7 Å². The van der Waals surface area contributed by atoms with E-state index in [4.69, 9.17) is 14.2 Å². The van der Waals surface area contributed by atoms with Gasteiger partial charge < -0.3 is 19.5 Å². The molecule has 1 heterocycles. The molecule has 156 valence electrons. The van der Waals surface area contributed by atoms with Gasteiger partial charge in [-0.25, -0.2) is 0 Å². The summed E-state index contributed by atoms with van der Waals surface area (Å²) in [4.78, 5) is 25.7. The molecule has 5 rings (SSSR count). The fraction of sp³-hybridized carbons (Fsp3) is 0.417. The molecule has 2 aromatic carbocycles. The molecule has 4 atom stereocenters. The molecule has 0 saturated heterocycles. The number of hydrogen-bond acceptors (Lipinski definition) is 5. The highest BCUT2D eigenvalue weighted by Gasteiger charge is 2.70. The van der Waals surface area contributed by atoms with Gasteiger partial charge in [0.05, 0.1) is 26.2 Å². The topological polar surface area (TPSA) is 73.9 Å². The van der Waals surface area contributed by atoms with E-state index in [0.717, 1.165) is 18.4 Å². The number of Topliss-reactive ketones (excluding diaryl/α,β-unsaturated/α-hetero) is 1. The molecular formula is C24H25NO5. The largest absolute Gasteiger partial charge is 0.497 e. The van der Waals surface area contributed by atoms with Crippen molar-refractivity contribution in [2.45, 2.75) is 31.4 Å². The molecule has 0 bridgehead atoms. The van der Waals surface area contributed by atoms with Crippen LogP contribution in [0.25, 0.3) is 0 Å². The van der Waals surface area contributed by atoms with Gasteiger partial charge in [-0.05, 0) is 48.6 Å². The van der Waals surface area contributed by atoms with E-state index < -0.39 is 5.60 Å². The van der Waals surface area contributed by atoms with Gasteiger partial charge in [-0.15, -0.1) is 0 Å². The van der Waals surface area contributed by atoms with Gasteiger partial charge in [0.15, 0.2) is 5.78 Å². The molecule has 0 aromatic heterocycles. The van der Waals surface area contributed by atoms with Crippen molar-refractivity contribution in [1.29, 1.82) is 0 Å². The minimum atomic E-state index is -0.530. The second-order valence-corrected chi connectivity index (χ2v) is 8.46. The number of amides is 1. The summed E-state index contributed by atoms with van der Waals surface area (Å²) in [7, 11) is 3.21. The lowest BCUT2D eigenvalue weighted by Crippen LogP contribution is -2.44. The second kappa shape index (κ2) is 7.04. The lowest BCUT2D eigenvalue weighted by Gasteiger charge is -2.37. The number of carbonyl (C=O) groups is 2. The van der Waals surface area contributed by atoms with Gasteiger partial charge in [0.25, 0.3) is 0 Å². The summed E-state index contributed by atoms with van der Waals surface area (Å²) in [6, 6.07) is 13.0. The summed E-state index contributed by atoms with van der Waals surface area (Å²) in [6.45, 7) is 0.401. The van der Waals surface area contributed by atoms with Crippen molar-refractivity contribution in [1.82, 2.24) is 5.32 Å². The third-order valence-corrected chi connectivity index (χ3v) is 6.82. The zero-order valence-electron chi connectivity index (χ0n) is 17.1. The monoisotopic (exact) mass is 407 g/mol. The number of carbonyl (C=O) groups excluding carboxylic acids is 2. The first-order valence-electron chi connectivity index (χ1n) is 10.4. The highest BCUT2D eigenvalue weighted by Crippen LogP contribution is 2.65. The normalized spacial score (nSPS) is 28.3. The van der Waals surface area contributed by atoms with Crippen molar-refractivity contribution in [3.8, 4) is 17.2 Å². The van der Waals surface area contributed by atoms with Crippen LogP contribution in [0, 0.1) is 17.8 Å². The van der Waals surface area contributed by atoms with Gasteiger partial charge >= 0.3 is 0 Å². The Morgan fingerprint density at radius 1 is 1.17 bits per heavy atom. The van der Waals surface area contributed by atoms with Gasteiger partial charge in [0.2, 0.25) is 5.91 Å². The zero-order valence-corrected chi connectivity index (χ0v) is 17.1. The number of hydrogen-bond donors (Lipinski definition) is 1. The van der Waals surface area contributed by atoms with Crippen molar-refractivity contribution in [3.63, 3.8) is 0 Å². The Bertz CT molecular complexity index is 996. The number of nitrogens with one attached hydrogen (secondary N) is 1. The van der Waals surface area contributed by atoms with Crippen molar-refractivity contribution in [2.75, 3.05) is 14.2 Å². The number of benzene rings is 2. The number of rotatable bonds is 5. The van der Waals surface area contributed by atoms with Crippen molar-refractivity contribution in [3.05, 3.63) is 53.6 Å². The van der Waals surface area contributed by atoms with Crippen molar-refractivity contribution in [2.24, 2.45) is 17.8 Å². The Morgan fingerprint density at radius 2 is 1.90 bits per heavy atom. The molecule has 6 nitrogen and oxygen atoms in total. The standard InChI is InChI=1S/C24H25NO5/c1-28-15-9-14(10-16(11-15)29-2)13-25-23(27)21-18-7-8-24(22(18)21)12-19(26)17-5-3-4-6-20(17)30-24/h3-6,9-11,18,21-22H,7-8,12-13H2,1-2H3,(H,25,27)/t18-,21-,22-,24+/m0/s1. The lowest BCUT2D eigenvalue weighted by molar-refractivity contribution is -0.124. The Labute approximate surface area is 175 Å². The fourth-order valence-corrected chi connectivity index (χ4v) is 5.39. The van der Waals surface area contributed by atoms with Gasteiger partial charge in [0, 0.05) is 24.4 Å². The highest BCUT2D eigenvalue weighted by molar-refractivity contribution is 6.00. The molecule has 1 amide bonds. The summed E-state index contributed by atoms with van der Waals surface area (Å²) in [5.41, 5.74) is 1.04. The van der Waals surface area contributed by atoms with Gasteiger partial charge in [-0.3, -0.25) is 9.59 Å². The molecule has 1 spiro atoms. The van der Waals surface area contributed by atoms with Crippen LogP contribution < -0.4 is 19.5 Å². The Hall–Kier alpha value is -3.02. The molecule has 0 unspecified atom stereocenters. The quantitative estimate of drug-likeness (QED) is 0.823. The first-order valence-corrected chi connectivity index (χ1v) is 10.4. The van der Waals surface area contributed by atoms with Crippen LogP contribution in [0.4, 0.5) is 0 Å². The molecule has 0 radical (unpaired) electrons. The second-order valence-electron chi connectivity index (χ2n) is 8.46. The summed E-state index contributed by atoms with van der Waals surface area (Å²) < 4.78 is 17.0. The predicted octanol–water partition coefficient (Wildman–Crippen LogP) is 3.38. The van der Waals surface area contributed by atoms with Crippen LogP contribution in [0.1, 0.15) is 35.2 Å². The summed E-state index contributed by atoms with van der Waals surface area (Å²) >= 11 is 0. The molecular weight excluding hydrogens is 382 g/mol. The van der Waals surface area contributed by atoms with Crippen LogP contribution in [-0.4, -0.2) is 31.5 Å². The number of ether oxygens (including phenoxy) is 3. The van der Waals surface area contributed by atoms with E-state index in [-0.39, 0.29) is 23.5 Å². The van der Waals surface area contributed by atoms with E-state index in [1.165, 1.54) is 0 Å². The first kappa shape index (κ1) is 19.0. The zero-order chi connectivity index (χ0) is 20.9. The lowest BCUT2D eigenvalue weighted by atomic mass is 9.84. The van der Waals surface area contributed by atoms with Crippen LogP contribution in [-0.2, 0) is 11.3 Å². The molecule has 1 aliphatic heterocycles. The number of ketones is 1. The third kappa shape index (κ3) is 3.02. The highest BCUT2D eigenvalue weighted by atomic mass is 16.5. The van der Waals surface area contributed by atoms with E-state index in [1.807, 2.05) is 36.4 Å². The van der Waals surface area contributed by atoms with Crippen LogP contribution >= 0.6 is 0 Å². The fourth-order valence-electron chi connectivity index (χ4n) is 5.39. The molecule has 2 aromatic rings. The first-order chi connectivity index (χ1) is 14.5. The third-order valence-electron chi connectivity index (χ3n) is 6.82. The molecule has 2 saturated carbocycles. The van der Waals surface area contributed by atoms with Crippen LogP contribution in [0.5, 0.6) is 17.2 Å². The van der Waals surface area contributed by atoms with Crippen LogP contribution in [0.2, 0.25) is 0 Å². The van der Waals surface area contributed by atoms with E-state index in [0.29, 0.717) is 41.7 Å². The van der Waals surface area contributed by atoms with Crippen molar-refractivity contribution < 1.29 is 23.8 Å². The Balaban J connectivity index is 1.28. The summed E-state index contributed by atoms with van der Waals surface area (Å²) in [5.74, 6) is 2.49. The average molecular weight is 407 g/mol. The number of methoxy groups -OCH3 is 2. The van der Waals surface area contributed by atoms with Gasteiger partial charge in [-0.2, -0.15) is 0 Å². The maximum atomic E-state index is 12.9. The summed E-state index contributed by atoms with van der Waals surface area (Å²) in [5, 5.41) is 3.05. The SMILES string of the molecule is COc1cc(CNC(=O)[C@H]2[C@@H]3CC[C@@]4(CC(=O)c5ccccc5O4)[C@@H]32)cc(OC)c1. The Kier molecular flexibility index (Phi) is 4.45. The Morgan fingerprint density at radius 3 is 2.63 bits per heavy atom. The smallest absolute Gasteiger partial charge is 0.224 e. The van der Waals surface area contributed by atoms with Gasteiger partial charge in [0.1, 0.15) is 22.8 Å². The molecule has 2 aliphatic carbocycles. The molecule has 3 aliphatic rings. The summed E-state index contributed by atoms with van der Waals surface area (Å²) in [6.07, 6.45) is 2.12. The van der Waals surface area contributed by atoms with E-state index in [9.17, 15) is 9.59 Å². The molecule has 6 heteroatoms. The predicted molar refractivity (Wildman–Crippen MR) is 110 cm³/mol. The molecule has 30 heavy (non-hydrogen) atoms. The minimum absolute atomic E-state index is 0.0285.